The van der Waals surface area contributed by atoms with Crippen molar-refractivity contribution >= 4 is 10.0 Å². The van der Waals surface area contributed by atoms with Crippen LogP contribution in [0.1, 0.15) is 11.1 Å². The van der Waals surface area contributed by atoms with E-state index in [9.17, 15) is 13.2 Å². The predicted octanol–water partition coefficient (Wildman–Crippen LogP) is 0.831. The second kappa shape index (κ2) is 5.94. The second-order valence-electron chi connectivity index (χ2n) is 5.05. The summed E-state index contributed by atoms with van der Waals surface area (Å²) in [6.07, 6.45) is 2.81. The summed E-state index contributed by atoms with van der Waals surface area (Å²) >= 11 is 0. The number of nitrogens with one attached hydrogen (secondary N) is 2. The Morgan fingerprint density at radius 3 is 2.86 bits per heavy atom. The monoisotopic (exact) mass is 320 g/mol. The van der Waals surface area contributed by atoms with Crippen LogP contribution in [0.15, 0.2) is 46.2 Å². The molecule has 0 atom stereocenters. The van der Waals surface area contributed by atoms with E-state index in [1.807, 2.05) is 6.07 Å². The van der Waals surface area contributed by atoms with E-state index in [0.29, 0.717) is 18.8 Å². The van der Waals surface area contributed by atoms with Gasteiger partial charge in [0.2, 0.25) is 15.6 Å². The lowest BCUT2D eigenvalue weighted by Crippen LogP contribution is -2.26. The average molecular weight is 320 g/mol. The first-order chi connectivity index (χ1) is 10.6. The molecule has 0 saturated heterocycles. The van der Waals surface area contributed by atoms with E-state index in [0.717, 1.165) is 17.5 Å². The minimum atomic E-state index is -3.61. The topological polar surface area (TPSA) is 88.3 Å². The van der Waals surface area contributed by atoms with E-state index >= 15 is 0 Å². The van der Waals surface area contributed by atoms with Gasteiger partial charge in [0.05, 0.1) is 6.61 Å². The van der Waals surface area contributed by atoms with Crippen LogP contribution >= 0.6 is 0 Å². The molecule has 0 unspecified atom stereocenters. The van der Waals surface area contributed by atoms with Crippen molar-refractivity contribution < 1.29 is 13.2 Å². The Kier molecular flexibility index (Phi) is 4.00. The van der Waals surface area contributed by atoms with Gasteiger partial charge in [0.25, 0.3) is 0 Å². The molecule has 0 amide bonds. The molecular formula is C15H16N2O4S. The highest BCUT2D eigenvalue weighted by molar-refractivity contribution is 7.89. The van der Waals surface area contributed by atoms with Crippen LogP contribution in [0.4, 0.5) is 0 Å². The third-order valence-corrected chi connectivity index (χ3v) is 5.01. The largest absolute Gasteiger partial charge is 0.492 e. The number of ether oxygens (including phenoxy) is 1. The third-order valence-electron chi connectivity index (χ3n) is 3.52. The lowest BCUT2D eigenvalue weighted by Gasteiger charge is -2.10. The lowest BCUT2D eigenvalue weighted by atomic mass is 10.2. The Hall–Kier alpha value is -2.12. The molecule has 22 heavy (non-hydrogen) atoms. The fourth-order valence-corrected chi connectivity index (χ4v) is 3.62. The minimum absolute atomic E-state index is 0.179. The number of para-hydroxylation sites is 1. The van der Waals surface area contributed by atoms with Crippen LogP contribution < -0.4 is 15.0 Å². The Labute approximate surface area is 128 Å². The molecule has 0 bridgehead atoms. The van der Waals surface area contributed by atoms with Crippen LogP contribution in [0.5, 0.6) is 5.75 Å². The molecule has 0 aliphatic carbocycles. The number of aromatic nitrogens is 1. The van der Waals surface area contributed by atoms with Crippen LogP contribution in [0.25, 0.3) is 0 Å². The smallest absolute Gasteiger partial charge is 0.247 e. The van der Waals surface area contributed by atoms with Crippen LogP contribution in [0.3, 0.4) is 0 Å². The Bertz CT molecular complexity index is 822. The highest BCUT2D eigenvalue weighted by Gasteiger charge is 2.24. The second-order valence-corrected chi connectivity index (χ2v) is 6.79. The summed E-state index contributed by atoms with van der Waals surface area (Å²) in [5.41, 5.74) is 1.60. The number of aromatic amines is 1. The van der Waals surface area contributed by atoms with Gasteiger partial charge in [0.15, 0.2) is 0 Å². The summed E-state index contributed by atoms with van der Waals surface area (Å²) in [6, 6.07) is 8.25. The molecule has 1 aromatic heterocycles. The molecule has 0 spiro atoms. The van der Waals surface area contributed by atoms with Gasteiger partial charge in [-0.25, -0.2) is 13.1 Å². The summed E-state index contributed by atoms with van der Waals surface area (Å²) in [6.45, 7) is 0.761. The van der Waals surface area contributed by atoms with E-state index < -0.39 is 10.0 Å². The van der Waals surface area contributed by atoms with Gasteiger partial charge in [0, 0.05) is 25.2 Å². The molecule has 2 aromatic rings. The van der Waals surface area contributed by atoms with Gasteiger partial charge >= 0.3 is 0 Å². The number of pyridine rings is 1. The van der Waals surface area contributed by atoms with Gasteiger partial charge in [-0.05, 0) is 23.6 Å². The summed E-state index contributed by atoms with van der Waals surface area (Å²) in [5.74, 6) is 0.457. The van der Waals surface area contributed by atoms with Crippen molar-refractivity contribution in [2.24, 2.45) is 0 Å². The molecule has 3 rings (SSSR count). The molecule has 2 N–H and O–H groups in total. The zero-order valence-corrected chi connectivity index (χ0v) is 12.7. The van der Waals surface area contributed by atoms with Crippen molar-refractivity contribution in [3.8, 4) is 5.75 Å². The summed E-state index contributed by atoms with van der Waals surface area (Å²) in [7, 11) is -3.61. The fourth-order valence-electron chi connectivity index (χ4n) is 2.40. The number of sulfonamides is 1. The summed E-state index contributed by atoms with van der Waals surface area (Å²) in [4.78, 5) is 13.7. The summed E-state index contributed by atoms with van der Waals surface area (Å²) in [5, 5.41) is 0. The number of H-pyrrole nitrogens is 1. The number of rotatable bonds is 5. The first-order valence-electron chi connectivity index (χ1n) is 6.98. The Balaban J connectivity index is 1.70. The number of benzene rings is 1. The zero-order chi connectivity index (χ0) is 15.6. The normalized spacial score (nSPS) is 13.6. The zero-order valence-electron chi connectivity index (χ0n) is 11.8. The molecule has 0 fully saturated rings. The molecule has 1 aliphatic rings. The Morgan fingerprint density at radius 1 is 1.23 bits per heavy atom. The van der Waals surface area contributed by atoms with E-state index in [2.05, 4.69) is 9.71 Å². The van der Waals surface area contributed by atoms with Gasteiger partial charge in [-0.2, -0.15) is 0 Å². The van der Waals surface area contributed by atoms with E-state index in [1.165, 1.54) is 6.07 Å². The summed E-state index contributed by atoms with van der Waals surface area (Å²) < 4.78 is 32.8. The van der Waals surface area contributed by atoms with Crippen LogP contribution in [0.2, 0.25) is 0 Å². The van der Waals surface area contributed by atoms with Crippen LogP contribution in [-0.2, 0) is 22.9 Å². The molecule has 0 saturated carbocycles. The van der Waals surface area contributed by atoms with Gasteiger partial charge in [-0.1, -0.05) is 18.2 Å². The predicted molar refractivity (Wildman–Crippen MR) is 81.6 cm³/mol. The van der Waals surface area contributed by atoms with Crippen molar-refractivity contribution in [3.05, 3.63) is 58.0 Å². The fraction of sp³-hybridized carbons (Fsp3) is 0.267. The van der Waals surface area contributed by atoms with Crippen LogP contribution in [0, 0.1) is 0 Å². The molecule has 7 heteroatoms. The van der Waals surface area contributed by atoms with E-state index in [-0.39, 0.29) is 17.0 Å². The highest BCUT2D eigenvalue weighted by atomic mass is 32.2. The number of fused-ring (bicyclic) bond motifs is 1. The molecule has 0 radical (unpaired) electrons. The maximum absolute atomic E-state index is 12.4. The number of hydrogen-bond donors (Lipinski definition) is 2. The van der Waals surface area contributed by atoms with E-state index in [1.54, 1.807) is 24.4 Å². The molecular weight excluding hydrogens is 304 g/mol. The van der Waals surface area contributed by atoms with Gasteiger partial charge < -0.3 is 9.72 Å². The van der Waals surface area contributed by atoms with Crippen molar-refractivity contribution in [2.75, 3.05) is 13.2 Å². The standard InChI is InChI=1S/C15H16N2O4S/c18-14-5-4-11(10-16-14)6-8-17-22(19,20)13-3-1-2-12-7-9-21-15(12)13/h1-5,10,17H,6-9H2,(H,16,18). The number of hydrogen-bond acceptors (Lipinski definition) is 4. The first kappa shape index (κ1) is 14.8. The van der Waals surface area contributed by atoms with Crippen molar-refractivity contribution in [3.63, 3.8) is 0 Å². The average Bonchev–Trinajstić information content (AvgIpc) is 2.97. The van der Waals surface area contributed by atoms with Gasteiger partial charge in [-0.15, -0.1) is 0 Å². The van der Waals surface area contributed by atoms with Crippen molar-refractivity contribution in [1.82, 2.24) is 9.71 Å². The minimum Gasteiger partial charge on any atom is -0.492 e. The SMILES string of the molecule is O=c1ccc(CCNS(=O)(=O)c2cccc3c2OCC3)c[nH]1. The quantitative estimate of drug-likeness (QED) is 0.854. The molecule has 1 aromatic carbocycles. The maximum atomic E-state index is 12.4. The molecule has 6 nitrogen and oxygen atoms in total. The molecule has 116 valence electrons. The first-order valence-corrected chi connectivity index (χ1v) is 8.46. The van der Waals surface area contributed by atoms with Crippen LogP contribution in [-0.4, -0.2) is 26.6 Å². The highest BCUT2D eigenvalue weighted by Crippen LogP contribution is 2.32. The van der Waals surface area contributed by atoms with E-state index in [4.69, 9.17) is 4.74 Å². The lowest BCUT2D eigenvalue weighted by molar-refractivity contribution is 0.348. The third kappa shape index (κ3) is 3.05. The van der Waals surface area contributed by atoms with Crippen molar-refractivity contribution in [1.29, 1.82) is 0 Å². The molecule has 2 heterocycles. The Morgan fingerprint density at radius 2 is 2.09 bits per heavy atom. The van der Waals surface area contributed by atoms with Crippen molar-refractivity contribution in [2.45, 2.75) is 17.7 Å². The maximum Gasteiger partial charge on any atom is 0.247 e. The molecule has 1 aliphatic heterocycles. The van der Waals surface area contributed by atoms with Gasteiger partial charge in [0.1, 0.15) is 10.6 Å². The van der Waals surface area contributed by atoms with Gasteiger partial charge in [-0.3, -0.25) is 4.79 Å².